The topological polar surface area (TPSA) is 37.8 Å². The minimum absolute atomic E-state index is 0.423. The minimum Gasteiger partial charge on any atom is -0.493 e. The lowest BCUT2D eigenvalue weighted by Crippen LogP contribution is -2.44. The molecule has 150 valence electrons. The highest BCUT2D eigenvalue weighted by Gasteiger charge is 2.41. The number of benzene rings is 1. The van der Waals surface area contributed by atoms with Crippen molar-refractivity contribution in [1.82, 2.24) is 14.8 Å². The molecular weight excluding hydrogens is 350 g/mol. The van der Waals surface area contributed by atoms with E-state index in [0.29, 0.717) is 5.41 Å². The Balaban J connectivity index is 1.41. The quantitative estimate of drug-likeness (QED) is 0.765. The molecule has 1 spiro atoms. The first-order chi connectivity index (χ1) is 13.7. The number of hydrogen-bond donors (Lipinski definition) is 0. The van der Waals surface area contributed by atoms with Crippen molar-refractivity contribution in [1.29, 1.82) is 0 Å². The lowest BCUT2D eigenvalue weighted by atomic mass is 9.79. The zero-order valence-electron chi connectivity index (χ0n) is 17.1. The number of aromatic nitrogens is 1. The molecule has 0 saturated carbocycles. The third-order valence-electron chi connectivity index (χ3n) is 6.27. The van der Waals surface area contributed by atoms with Gasteiger partial charge in [-0.2, -0.15) is 0 Å². The highest BCUT2D eigenvalue weighted by atomic mass is 16.5. The van der Waals surface area contributed by atoms with E-state index in [9.17, 15) is 0 Å². The van der Waals surface area contributed by atoms with Gasteiger partial charge in [-0.1, -0.05) is 18.2 Å². The molecule has 0 unspecified atom stereocenters. The first-order valence-electron chi connectivity index (χ1n) is 10.2. The van der Waals surface area contributed by atoms with Gasteiger partial charge in [-0.25, -0.2) is 0 Å². The molecule has 1 aromatic carbocycles. The van der Waals surface area contributed by atoms with Crippen molar-refractivity contribution in [2.75, 3.05) is 40.4 Å². The number of nitrogens with zero attached hydrogens (tertiary/aromatic N) is 3. The molecule has 5 heteroatoms. The highest BCUT2D eigenvalue weighted by molar-refractivity contribution is 5.46. The molecule has 5 nitrogen and oxygen atoms in total. The van der Waals surface area contributed by atoms with E-state index in [1.807, 2.05) is 24.5 Å². The zero-order chi connectivity index (χ0) is 19.4. The first-order valence-corrected chi connectivity index (χ1v) is 10.2. The maximum atomic E-state index is 5.64. The van der Waals surface area contributed by atoms with Gasteiger partial charge in [-0.3, -0.25) is 14.8 Å². The molecular formula is C23H31N3O2. The van der Waals surface area contributed by atoms with Crippen LogP contribution in [0.1, 0.15) is 30.4 Å². The number of likely N-dealkylation sites (tertiary alicyclic amines) is 2. The molecule has 0 bridgehead atoms. The Kier molecular flexibility index (Phi) is 5.83. The number of ether oxygens (including phenoxy) is 2. The molecule has 2 aliphatic heterocycles. The van der Waals surface area contributed by atoms with Gasteiger partial charge in [0.25, 0.3) is 0 Å². The predicted molar refractivity (Wildman–Crippen MR) is 111 cm³/mol. The number of hydrogen-bond acceptors (Lipinski definition) is 5. The van der Waals surface area contributed by atoms with Crippen LogP contribution in [-0.2, 0) is 13.1 Å². The SMILES string of the molecule is COc1cccc(CN2CCC[C@]3(CCN(Cc4cccnc4)C3)C2)c1OC. The molecule has 2 aliphatic rings. The Morgan fingerprint density at radius 3 is 2.57 bits per heavy atom. The van der Waals surface area contributed by atoms with Crippen molar-refractivity contribution in [3.63, 3.8) is 0 Å². The van der Waals surface area contributed by atoms with Gasteiger partial charge >= 0.3 is 0 Å². The summed E-state index contributed by atoms with van der Waals surface area (Å²) in [5, 5.41) is 0. The Hall–Kier alpha value is -2.11. The summed E-state index contributed by atoms with van der Waals surface area (Å²) in [7, 11) is 3.43. The summed E-state index contributed by atoms with van der Waals surface area (Å²) in [5.41, 5.74) is 2.95. The van der Waals surface area contributed by atoms with Gasteiger partial charge in [-0.05, 0) is 55.5 Å². The highest BCUT2D eigenvalue weighted by Crippen LogP contribution is 2.40. The molecule has 1 aromatic heterocycles. The fourth-order valence-electron chi connectivity index (χ4n) is 5.01. The van der Waals surface area contributed by atoms with Crippen LogP contribution in [0, 0.1) is 5.41 Å². The molecule has 4 rings (SSSR count). The van der Waals surface area contributed by atoms with Gasteiger partial charge in [0.05, 0.1) is 14.2 Å². The zero-order valence-corrected chi connectivity index (χ0v) is 17.1. The molecule has 1 atom stereocenters. The van der Waals surface area contributed by atoms with E-state index in [1.54, 1.807) is 14.2 Å². The lowest BCUT2D eigenvalue weighted by Gasteiger charge is -2.40. The Morgan fingerprint density at radius 2 is 1.82 bits per heavy atom. The van der Waals surface area contributed by atoms with Gasteiger partial charge in [0.1, 0.15) is 0 Å². The Labute approximate surface area is 168 Å². The van der Waals surface area contributed by atoms with Crippen LogP contribution in [0.2, 0.25) is 0 Å². The maximum absolute atomic E-state index is 5.64. The van der Waals surface area contributed by atoms with Crippen LogP contribution in [0.5, 0.6) is 11.5 Å². The lowest BCUT2D eigenvalue weighted by molar-refractivity contribution is 0.0859. The summed E-state index contributed by atoms with van der Waals surface area (Å²) >= 11 is 0. The van der Waals surface area contributed by atoms with E-state index >= 15 is 0 Å². The second-order valence-electron chi connectivity index (χ2n) is 8.29. The van der Waals surface area contributed by atoms with E-state index in [-0.39, 0.29) is 0 Å². The normalized spacial score (nSPS) is 23.2. The smallest absolute Gasteiger partial charge is 0.165 e. The summed E-state index contributed by atoms with van der Waals surface area (Å²) in [6.45, 7) is 6.63. The third-order valence-corrected chi connectivity index (χ3v) is 6.27. The van der Waals surface area contributed by atoms with Gasteiger partial charge in [0, 0.05) is 44.1 Å². The van der Waals surface area contributed by atoms with Crippen LogP contribution >= 0.6 is 0 Å². The average molecular weight is 382 g/mol. The number of rotatable bonds is 6. The molecule has 0 aliphatic carbocycles. The summed E-state index contributed by atoms with van der Waals surface area (Å²) < 4.78 is 11.1. The summed E-state index contributed by atoms with van der Waals surface area (Å²) in [6, 6.07) is 10.4. The summed E-state index contributed by atoms with van der Waals surface area (Å²) in [4.78, 5) is 9.47. The van der Waals surface area contributed by atoms with Crippen LogP contribution in [-0.4, -0.2) is 55.2 Å². The molecule has 3 heterocycles. The first kappa shape index (κ1) is 19.2. The number of methoxy groups -OCH3 is 2. The molecule has 0 radical (unpaired) electrons. The fourth-order valence-corrected chi connectivity index (χ4v) is 5.01. The molecule has 28 heavy (non-hydrogen) atoms. The molecule has 2 saturated heterocycles. The molecule has 2 aromatic rings. The average Bonchev–Trinajstić information content (AvgIpc) is 3.10. The number of piperidine rings is 1. The van der Waals surface area contributed by atoms with Crippen molar-refractivity contribution in [2.24, 2.45) is 5.41 Å². The van der Waals surface area contributed by atoms with Crippen molar-refractivity contribution >= 4 is 0 Å². The van der Waals surface area contributed by atoms with Gasteiger partial charge in [0.15, 0.2) is 11.5 Å². The van der Waals surface area contributed by atoms with Crippen LogP contribution in [0.15, 0.2) is 42.7 Å². The van der Waals surface area contributed by atoms with E-state index < -0.39 is 0 Å². The van der Waals surface area contributed by atoms with E-state index in [4.69, 9.17) is 9.47 Å². The Morgan fingerprint density at radius 1 is 0.964 bits per heavy atom. The van der Waals surface area contributed by atoms with Crippen molar-refractivity contribution < 1.29 is 9.47 Å². The van der Waals surface area contributed by atoms with Gasteiger partial charge in [-0.15, -0.1) is 0 Å². The minimum atomic E-state index is 0.423. The monoisotopic (exact) mass is 381 g/mol. The number of para-hydroxylation sites is 1. The fraction of sp³-hybridized carbons (Fsp3) is 0.522. The van der Waals surface area contributed by atoms with Gasteiger partial charge < -0.3 is 9.47 Å². The summed E-state index contributed by atoms with van der Waals surface area (Å²) in [5.74, 6) is 1.68. The largest absolute Gasteiger partial charge is 0.493 e. The number of pyridine rings is 1. The third kappa shape index (κ3) is 4.15. The van der Waals surface area contributed by atoms with E-state index in [0.717, 1.165) is 37.7 Å². The Bertz CT molecular complexity index is 783. The molecule has 0 N–H and O–H groups in total. The second-order valence-corrected chi connectivity index (χ2v) is 8.29. The van der Waals surface area contributed by atoms with Crippen LogP contribution < -0.4 is 9.47 Å². The molecule has 0 amide bonds. The molecule has 2 fully saturated rings. The van der Waals surface area contributed by atoms with E-state index in [2.05, 4.69) is 33.0 Å². The van der Waals surface area contributed by atoms with Crippen molar-refractivity contribution in [2.45, 2.75) is 32.4 Å². The van der Waals surface area contributed by atoms with Gasteiger partial charge in [0.2, 0.25) is 0 Å². The van der Waals surface area contributed by atoms with Crippen LogP contribution in [0.3, 0.4) is 0 Å². The standard InChI is InChI=1S/C23H31N3O2/c1-27-21-8-3-7-20(22(21)28-2)16-25-12-5-9-23(17-25)10-13-26(18-23)15-19-6-4-11-24-14-19/h3-4,6-8,11,14H,5,9-10,12-13,15-18H2,1-2H3/t23-/m0/s1. The van der Waals surface area contributed by atoms with Crippen LogP contribution in [0.4, 0.5) is 0 Å². The van der Waals surface area contributed by atoms with E-state index in [1.165, 1.54) is 43.5 Å². The second kappa shape index (κ2) is 8.50. The van der Waals surface area contributed by atoms with Crippen LogP contribution in [0.25, 0.3) is 0 Å². The summed E-state index contributed by atoms with van der Waals surface area (Å²) in [6.07, 6.45) is 7.74. The van der Waals surface area contributed by atoms with Crippen molar-refractivity contribution in [3.8, 4) is 11.5 Å². The maximum Gasteiger partial charge on any atom is 0.165 e. The van der Waals surface area contributed by atoms with Crippen molar-refractivity contribution in [3.05, 3.63) is 53.9 Å². The predicted octanol–water partition coefficient (Wildman–Crippen LogP) is 3.59.